The maximum Gasteiger partial charge on any atom is 0.239 e. The van der Waals surface area contributed by atoms with Crippen molar-refractivity contribution in [2.45, 2.75) is 5.75 Å². The second-order valence-corrected chi connectivity index (χ2v) is 7.65. The highest BCUT2D eigenvalue weighted by molar-refractivity contribution is 7.91. The molecule has 0 unspecified atom stereocenters. The van der Waals surface area contributed by atoms with Gasteiger partial charge >= 0.3 is 0 Å². The van der Waals surface area contributed by atoms with E-state index in [4.69, 9.17) is 0 Å². The molecule has 4 nitrogen and oxygen atoms in total. The number of hydrogen-bond acceptors (Lipinski definition) is 3. The van der Waals surface area contributed by atoms with Gasteiger partial charge in [0.15, 0.2) is 9.84 Å². The van der Waals surface area contributed by atoms with Gasteiger partial charge in [-0.3, -0.25) is 4.79 Å². The Hall–Kier alpha value is -2.66. The Balaban J connectivity index is 1.75. The van der Waals surface area contributed by atoms with Crippen molar-refractivity contribution in [1.82, 2.24) is 0 Å². The van der Waals surface area contributed by atoms with Crippen molar-refractivity contribution in [3.05, 3.63) is 78.4 Å². The van der Waals surface area contributed by atoms with E-state index in [9.17, 15) is 13.2 Å². The topological polar surface area (TPSA) is 63.2 Å². The van der Waals surface area contributed by atoms with E-state index >= 15 is 0 Å². The van der Waals surface area contributed by atoms with Gasteiger partial charge in [-0.25, -0.2) is 8.42 Å². The summed E-state index contributed by atoms with van der Waals surface area (Å²) in [5.74, 6) is -1.22. The molecule has 0 saturated heterocycles. The number of fused-ring (bicyclic) bond motifs is 1. The lowest BCUT2D eigenvalue weighted by atomic mass is 10.1. The molecule has 0 heterocycles. The van der Waals surface area contributed by atoms with Crippen LogP contribution in [0.15, 0.2) is 72.8 Å². The molecule has 24 heavy (non-hydrogen) atoms. The van der Waals surface area contributed by atoms with Crippen LogP contribution in [0, 0.1) is 0 Å². The van der Waals surface area contributed by atoms with Gasteiger partial charge in [-0.2, -0.15) is 0 Å². The second-order valence-electron chi connectivity index (χ2n) is 5.58. The van der Waals surface area contributed by atoms with Gasteiger partial charge in [0.2, 0.25) is 5.91 Å². The molecule has 0 aliphatic heterocycles. The summed E-state index contributed by atoms with van der Waals surface area (Å²) in [5.41, 5.74) is 1.29. The monoisotopic (exact) mass is 339 g/mol. The summed E-state index contributed by atoms with van der Waals surface area (Å²) in [4.78, 5) is 12.0. The van der Waals surface area contributed by atoms with E-state index < -0.39 is 21.5 Å². The molecule has 1 N–H and O–H groups in total. The summed E-state index contributed by atoms with van der Waals surface area (Å²) in [7, 11) is -3.56. The lowest BCUT2D eigenvalue weighted by Gasteiger charge is -2.08. The Labute approximate surface area is 141 Å². The van der Waals surface area contributed by atoms with Crippen molar-refractivity contribution >= 4 is 32.2 Å². The first kappa shape index (κ1) is 16.2. The van der Waals surface area contributed by atoms with E-state index in [-0.39, 0.29) is 5.75 Å². The molecule has 0 aliphatic carbocycles. The number of amides is 1. The van der Waals surface area contributed by atoms with E-state index in [0.29, 0.717) is 11.3 Å². The van der Waals surface area contributed by atoms with E-state index in [1.165, 1.54) is 0 Å². The van der Waals surface area contributed by atoms with Crippen molar-refractivity contribution in [3.8, 4) is 0 Å². The lowest BCUT2D eigenvalue weighted by molar-refractivity contribution is -0.113. The minimum absolute atomic E-state index is 0.156. The molecule has 0 radical (unpaired) electrons. The Morgan fingerprint density at radius 3 is 2.29 bits per heavy atom. The van der Waals surface area contributed by atoms with Crippen LogP contribution in [-0.4, -0.2) is 20.1 Å². The number of sulfone groups is 1. The number of rotatable bonds is 5. The maximum absolute atomic E-state index is 12.4. The first-order chi connectivity index (χ1) is 11.5. The Kier molecular flexibility index (Phi) is 4.62. The first-order valence-corrected chi connectivity index (χ1v) is 9.38. The molecule has 3 aromatic rings. The summed E-state index contributed by atoms with van der Waals surface area (Å²) in [6, 6.07) is 22.0. The molecular weight excluding hydrogens is 322 g/mol. The minimum Gasteiger partial charge on any atom is -0.325 e. The van der Waals surface area contributed by atoms with Gasteiger partial charge in [-0.05, 0) is 28.5 Å². The predicted octanol–water partition coefficient (Wildman–Crippen LogP) is 3.39. The number of carbonyl (C=O) groups is 1. The third kappa shape index (κ3) is 4.00. The number of hydrogen-bond donors (Lipinski definition) is 1. The van der Waals surface area contributed by atoms with Gasteiger partial charge in [0.25, 0.3) is 0 Å². The van der Waals surface area contributed by atoms with Crippen LogP contribution in [0.3, 0.4) is 0 Å². The van der Waals surface area contributed by atoms with E-state index in [1.807, 2.05) is 42.5 Å². The SMILES string of the molecule is O=C(CS(=O)(=O)Cc1cccc2ccccc12)Nc1ccccc1. The average Bonchev–Trinajstić information content (AvgIpc) is 2.55. The van der Waals surface area contributed by atoms with Gasteiger partial charge in [0.1, 0.15) is 5.75 Å². The number of nitrogens with one attached hydrogen (secondary N) is 1. The van der Waals surface area contributed by atoms with Crippen LogP contribution in [0.4, 0.5) is 5.69 Å². The van der Waals surface area contributed by atoms with E-state index in [0.717, 1.165) is 10.8 Å². The Morgan fingerprint density at radius 2 is 1.50 bits per heavy atom. The zero-order valence-corrected chi connectivity index (χ0v) is 13.8. The molecule has 0 aromatic heterocycles. The number of benzene rings is 3. The molecule has 0 atom stereocenters. The Morgan fingerprint density at radius 1 is 0.833 bits per heavy atom. The van der Waals surface area contributed by atoms with Gasteiger partial charge in [-0.1, -0.05) is 60.7 Å². The molecular formula is C19H17NO3S. The molecule has 0 bridgehead atoms. The summed E-state index contributed by atoms with van der Waals surface area (Å²) in [5, 5.41) is 4.48. The summed E-state index contributed by atoms with van der Waals surface area (Å²) in [6.07, 6.45) is 0. The van der Waals surface area contributed by atoms with Gasteiger partial charge in [0.05, 0.1) is 5.75 Å². The smallest absolute Gasteiger partial charge is 0.239 e. The van der Waals surface area contributed by atoms with Crippen molar-refractivity contribution in [1.29, 1.82) is 0 Å². The van der Waals surface area contributed by atoms with Crippen LogP contribution in [0.2, 0.25) is 0 Å². The number of anilines is 1. The molecule has 0 aliphatic rings. The lowest BCUT2D eigenvalue weighted by Crippen LogP contribution is -2.24. The van der Waals surface area contributed by atoms with Crippen LogP contribution < -0.4 is 5.32 Å². The quantitative estimate of drug-likeness (QED) is 0.775. The second kappa shape index (κ2) is 6.84. The van der Waals surface area contributed by atoms with Crippen LogP contribution in [0.5, 0.6) is 0 Å². The zero-order valence-electron chi connectivity index (χ0n) is 13.0. The zero-order chi connectivity index (χ0) is 17.0. The van der Waals surface area contributed by atoms with Crippen LogP contribution in [-0.2, 0) is 20.4 Å². The number of carbonyl (C=O) groups excluding carboxylic acids is 1. The molecule has 0 fully saturated rings. The first-order valence-electron chi connectivity index (χ1n) is 7.55. The largest absolute Gasteiger partial charge is 0.325 e. The van der Waals surface area contributed by atoms with Gasteiger partial charge < -0.3 is 5.32 Å². The van der Waals surface area contributed by atoms with Crippen molar-refractivity contribution in [2.24, 2.45) is 0 Å². The highest BCUT2D eigenvalue weighted by Crippen LogP contribution is 2.20. The standard InChI is InChI=1S/C19H17NO3S/c21-19(20-17-10-2-1-3-11-17)14-24(22,23)13-16-9-6-8-15-7-4-5-12-18(15)16/h1-12H,13-14H2,(H,20,21). The highest BCUT2D eigenvalue weighted by atomic mass is 32.2. The van der Waals surface area contributed by atoms with Crippen molar-refractivity contribution in [2.75, 3.05) is 11.1 Å². The fourth-order valence-electron chi connectivity index (χ4n) is 2.62. The molecule has 3 aromatic carbocycles. The summed E-state index contributed by atoms with van der Waals surface area (Å²) >= 11 is 0. The minimum atomic E-state index is -3.56. The molecule has 0 saturated carbocycles. The highest BCUT2D eigenvalue weighted by Gasteiger charge is 2.18. The molecule has 122 valence electrons. The molecule has 3 rings (SSSR count). The molecule has 0 spiro atoms. The summed E-state index contributed by atoms with van der Waals surface area (Å²) < 4.78 is 24.8. The fraction of sp³-hybridized carbons (Fsp3) is 0.105. The normalized spacial score (nSPS) is 11.3. The average molecular weight is 339 g/mol. The molecule has 5 heteroatoms. The van der Waals surface area contributed by atoms with E-state index in [2.05, 4.69) is 5.32 Å². The Bertz CT molecular complexity index is 961. The summed E-state index contributed by atoms with van der Waals surface area (Å²) in [6.45, 7) is 0. The van der Waals surface area contributed by atoms with E-state index in [1.54, 1.807) is 30.3 Å². The van der Waals surface area contributed by atoms with Gasteiger partial charge in [-0.15, -0.1) is 0 Å². The van der Waals surface area contributed by atoms with Crippen LogP contribution in [0.25, 0.3) is 10.8 Å². The third-order valence-corrected chi connectivity index (χ3v) is 5.12. The van der Waals surface area contributed by atoms with Crippen molar-refractivity contribution < 1.29 is 13.2 Å². The van der Waals surface area contributed by atoms with Crippen molar-refractivity contribution in [3.63, 3.8) is 0 Å². The molecule has 1 amide bonds. The van der Waals surface area contributed by atoms with Gasteiger partial charge in [0, 0.05) is 5.69 Å². The third-order valence-electron chi connectivity index (χ3n) is 3.66. The maximum atomic E-state index is 12.4. The van der Waals surface area contributed by atoms with Crippen LogP contribution >= 0.6 is 0 Å². The van der Waals surface area contributed by atoms with Crippen LogP contribution in [0.1, 0.15) is 5.56 Å². The predicted molar refractivity (Wildman–Crippen MR) is 96.5 cm³/mol. The number of para-hydroxylation sites is 1. The fourth-order valence-corrected chi connectivity index (χ4v) is 3.92.